The molecule has 0 aromatic heterocycles. The van der Waals surface area contributed by atoms with Crippen LogP contribution in [0.4, 0.5) is 0 Å². The lowest BCUT2D eigenvalue weighted by Gasteiger charge is -2.15. The normalized spacial score (nSPS) is 19.6. The van der Waals surface area contributed by atoms with Crippen molar-refractivity contribution < 1.29 is 9.57 Å². The Hall–Kier alpha value is -1.61. The number of hydrogen-bond acceptors (Lipinski definition) is 3. The summed E-state index contributed by atoms with van der Waals surface area (Å²) in [6.07, 6.45) is 9.54. The number of nitrogens with zero attached hydrogens (tertiary/aromatic N) is 1. The summed E-state index contributed by atoms with van der Waals surface area (Å²) in [5.41, 5.74) is 1.02. The molecule has 0 N–H and O–H groups in total. The molecule has 0 fully saturated rings. The van der Waals surface area contributed by atoms with Gasteiger partial charge in [-0.3, -0.25) is 0 Å². The van der Waals surface area contributed by atoms with Gasteiger partial charge in [0.1, 0.15) is 0 Å². The number of ether oxygens (including phenoxy) is 1. The number of allylic oxidation sites excluding steroid dienone is 1. The zero-order valence-electron chi connectivity index (χ0n) is 9.79. The number of rotatable bonds is 5. The summed E-state index contributed by atoms with van der Waals surface area (Å²) in [6, 6.07) is 9.83. The molecule has 1 aromatic rings. The van der Waals surface area contributed by atoms with Crippen molar-refractivity contribution in [3.8, 4) is 0 Å². The Morgan fingerprint density at radius 1 is 1.29 bits per heavy atom. The molecule has 0 bridgehead atoms. The molecule has 1 aliphatic rings. The van der Waals surface area contributed by atoms with E-state index in [4.69, 9.17) is 9.57 Å². The van der Waals surface area contributed by atoms with Crippen molar-refractivity contribution in [2.45, 2.75) is 25.4 Å². The van der Waals surface area contributed by atoms with Crippen LogP contribution in [-0.2, 0) is 9.57 Å². The first-order valence-corrected chi connectivity index (χ1v) is 5.94. The lowest BCUT2D eigenvalue weighted by atomic mass is 10.1. The second-order valence-corrected chi connectivity index (χ2v) is 3.96. The van der Waals surface area contributed by atoms with Gasteiger partial charge in [-0.1, -0.05) is 47.6 Å². The van der Waals surface area contributed by atoms with Crippen LogP contribution in [-0.4, -0.2) is 19.1 Å². The standard InChI is InChI=1S/C14H17NO2/c1-3-7-13(8-4-1)11-15-17-12-16-14-9-5-2-6-10-14/h1,3-5,7-9,11,14H,2,6,10,12H2/b15-11-. The second-order valence-electron chi connectivity index (χ2n) is 3.96. The molecule has 1 unspecified atom stereocenters. The van der Waals surface area contributed by atoms with Crippen molar-refractivity contribution in [3.63, 3.8) is 0 Å². The molecule has 3 heteroatoms. The summed E-state index contributed by atoms with van der Waals surface area (Å²) in [7, 11) is 0. The zero-order chi connectivity index (χ0) is 11.8. The topological polar surface area (TPSA) is 30.8 Å². The zero-order valence-corrected chi connectivity index (χ0v) is 9.79. The molecule has 3 nitrogen and oxygen atoms in total. The third-order valence-electron chi connectivity index (χ3n) is 2.62. The molecule has 0 saturated carbocycles. The van der Waals surface area contributed by atoms with Crippen molar-refractivity contribution in [3.05, 3.63) is 48.0 Å². The summed E-state index contributed by atoms with van der Waals surface area (Å²) in [5, 5.41) is 3.85. The minimum absolute atomic E-state index is 0.190. The Kier molecular flexibility index (Phi) is 4.79. The maximum Gasteiger partial charge on any atom is 0.217 e. The summed E-state index contributed by atoms with van der Waals surface area (Å²) in [5.74, 6) is 0. The Morgan fingerprint density at radius 2 is 2.18 bits per heavy atom. The highest BCUT2D eigenvalue weighted by atomic mass is 16.7. The quantitative estimate of drug-likeness (QED) is 0.256. The molecule has 0 radical (unpaired) electrons. The van der Waals surface area contributed by atoms with Crippen LogP contribution in [0.15, 0.2) is 47.6 Å². The number of hydrogen-bond donors (Lipinski definition) is 0. The van der Waals surface area contributed by atoms with Gasteiger partial charge in [0.15, 0.2) is 0 Å². The van der Waals surface area contributed by atoms with E-state index in [-0.39, 0.29) is 12.9 Å². The van der Waals surface area contributed by atoms with Gasteiger partial charge in [-0.2, -0.15) is 0 Å². The Balaban J connectivity index is 1.64. The highest BCUT2D eigenvalue weighted by Gasteiger charge is 2.07. The lowest BCUT2D eigenvalue weighted by molar-refractivity contribution is -0.0768. The molecule has 0 amide bonds. The summed E-state index contributed by atoms with van der Waals surface area (Å²) in [6.45, 7) is 0.207. The molecule has 0 saturated heterocycles. The van der Waals surface area contributed by atoms with E-state index in [0.29, 0.717) is 0 Å². The van der Waals surface area contributed by atoms with Crippen LogP contribution in [0.5, 0.6) is 0 Å². The maximum atomic E-state index is 5.50. The maximum absolute atomic E-state index is 5.50. The number of benzene rings is 1. The summed E-state index contributed by atoms with van der Waals surface area (Å²) < 4.78 is 5.50. The van der Waals surface area contributed by atoms with Gasteiger partial charge < -0.3 is 9.57 Å². The van der Waals surface area contributed by atoms with Gasteiger partial charge in [0.2, 0.25) is 6.79 Å². The van der Waals surface area contributed by atoms with Crippen LogP contribution in [0.25, 0.3) is 0 Å². The fraction of sp³-hybridized carbons (Fsp3) is 0.357. The van der Waals surface area contributed by atoms with Crippen LogP contribution < -0.4 is 0 Å². The van der Waals surface area contributed by atoms with Gasteiger partial charge in [0.25, 0.3) is 0 Å². The molecule has 17 heavy (non-hydrogen) atoms. The monoisotopic (exact) mass is 231 g/mol. The van der Waals surface area contributed by atoms with E-state index in [0.717, 1.165) is 18.4 Å². The van der Waals surface area contributed by atoms with Gasteiger partial charge in [-0.25, -0.2) is 0 Å². The third-order valence-corrected chi connectivity index (χ3v) is 2.62. The summed E-state index contributed by atoms with van der Waals surface area (Å²) in [4.78, 5) is 5.05. The first-order chi connectivity index (χ1) is 8.45. The van der Waals surface area contributed by atoms with Crippen LogP contribution in [0.3, 0.4) is 0 Å². The van der Waals surface area contributed by atoms with E-state index in [9.17, 15) is 0 Å². The Morgan fingerprint density at radius 3 is 2.94 bits per heavy atom. The summed E-state index contributed by atoms with van der Waals surface area (Å²) >= 11 is 0. The van der Waals surface area contributed by atoms with Crippen LogP contribution in [0, 0.1) is 0 Å². The molecule has 1 atom stereocenters. The molecule has 0 aliphatic heterocycles. The molecule has 1 aliphatic carbocycles. The molecular weight excluding hydrogens is 214 g/mol. The smallest absolute Gasteiger partial charge is 0.217 e. The van der Waals surface area contributed by atoms with E-state index >= 15 is 0 Å². The van der Waals surface area contributed by atoms with Gasteiger partial charge in [0, 0.05) is 0 Å². The average molecular weight is 231 g/mol. The van der Waals surface area contributed by atoms with E-state index in [1.54, 1.807) is 6.21 Å². The minimum atomic E-state index is 0.190. The fourth-order valence-electron chi connectivity index (χ4n) is 1.71. The van der Waals surface area contributed by atoms with Crippen LogP contribution in [0.1, 0.15) is 24.8 Å². The van der Waals surface area contributed by atoms with E-state index < -0.39 is 0 Å². The van der Waals surface area contributed by atoms with Crippen molar-refractivity contribution in [2.75, 3.05) is 6.79 Å². The van der Waals surface area contributed by atoms with Crippen molar-refractivity contribution >= 4 is 6.21 Å². The number of oxime groups is 1. The van der Waals surface area contributed by atoms with E-state index in [2.05, 4.69) is 17.3 Å². The molecular formula is C14H17NO2. The average Bonchev–Trinajstić information content (AvgIpc) is 2.41. The van der Waals surface area contributed by atoms with Crippen LogP contribution in [0.2, 0.25) is 0 Å². The van der Waals surface area contributed by atoms with Crippen molar-refractivity contribution in [1.82, 2.24) is 0 Å². The van der Waals surface area contributed by atoms with Gasteiger partial charge in [-0.15, -0.1) is 0 Å². The molecule has 90 valence electrons. The Bertz CT molecular complexity index is 373. The molecule has 0 heterocycles. The first-order valence-electron chi connectivity index (χ1n) is 5.94. The highest BCUT2D eigenvalue weighted by molar-refractivity contribution is 5.78. The lowest BCUT2D eigenvalue weighted by Crippen LogP contribution is -2.13. The third kappa shape index (κ3) is 4.41. The first kappa shape index (κ1) is 11.9. The van der Waals surface area contributed by atoms with E-state index in [1.165, 1.54) is 6.42 Å². The predicted molar refractivity (Wildman–Crippen MR) is 67.9 cm³/mol. The molecule has 2 rings (SSSR count). The Labute approximate surface area is 102 Å². The van der Waals surface area contributed by atoms with Gasteiger partial charge >= 0.3 is 0 Å². The van der Waals surface area contributed by atoms with Gasteiger partial charge in [-0.05, 0) is 24.8 Å². The predicted octanol–water partition coefficient (Wildman–Crippen LogP) is 3.12. The highest BCUT2D eigenvalue weighted by Crippen LogP contribution is 2.13. The van der Waals surface area contributed by atoms with Crippen molar-refractivity contribution in [1.29, 1.82) is 0 Å². The molecule has 0 spiro atoms. The molecule has 1 aromatic carbocycles. The van der Waals surface area contributed by atoms with E-state index in [1.807, 2.05) is 30.3 Å². The van der Waals surface area contributed by atoms with Crippen molar-refractivity contribution in [2.24, 2.45) is 5.16 Å². The van der Waals surface area contributed by atoms with Crippen LogP contribution >= 0.6 is 0 Å². The largest absolute Gasteiger partial charge is 0.367 e. The minimum Gasteiger partial charge on any atom is -0.367 e. The van der Waals surface area contributed by atoms with Gasteiger partial charge in [0.05, 0.1) is 12.3 Å². The fourth-order valence-corrected chi connectivity index (χ4v) is 1.71. The SMILES string of the molecule is C1=CC(OCO/N=C\c2ccccc2)CCC1. The second kappa shape index (κ2) is 6.86.